The van der Waals surface area contributed by atoms with E-state index >= 15 is 0 Å². The molecule has 4 N–H and O–H groups in total. The molecule has 0 bridgehead atoms. The molecular formula is C22H28N2O10. The highest BCUT2D eigenvalue weighted by atomic mass is 16.7. The van der Waals surface area contributed by atoms with E-state index in [-0.39, 0.29) is 37.5 Å². The first kappa shape index (κ1) is 28.1. The molecule has 1 rings (SSSR count). The Morgan fingerprint density at radius 2 is 1.65 bits per heavy atom. The molecule has 2 amide bonds. The molecule has 0 aliphatic rings. The van der Waals surface area contributed by atoms with Crippen LogP contribution in [0.3, 0.4) is 0 Å². The highest BCUT2D eigenvalue weighted by Gasteiger charge is 2.24. The van der Waals surface area contributed by atoms with Crippen molar-refractivity contribution in [3.8, 4) is 0 Å². The third kappa shape index (κ3) is 10.6. The fraction of sp³-hybridized carbons (Fsp3) is 0.455. The molecule has 0 radical (unpaired) electrons. The quantitative estimate of drug-likeness (QED) is 0.117. The fourth-order valence-electron chi connectivity index (χ4n) is 2.79. The number of hydrogen-bond acceptors (Lipinski definition) is 8. The summed E-state index contributed by atoms with van der Waals surface area (Å²) in [4.78, 5) is 68.0. The van der Waals surface area contributed by atoms with Crippen LogP contribution in [0.5, 0.6) is 0 Å². The molecule has 0 fully saturated rings. The minimum absolute atomic E-state index is 0.0197. The number of ether oxygens (including phenoxy) is 2. The number of aliphatic carboxylic acids is 2. The second kappa shape index (κ2) is 15.0. The molecule has 1 aromatic carbocycles. The van der Waals surface area contributed by atoms with E-state index in [9.17, 15) is 28.8 Å². The summed E-state index contributed by atoms with van der Waals surface area (Å²) in [6, 6.07) is 4.80. The van der Waals surface area contributed by atoms with Crippen molar-refractivity contribution >= 4 is 36.2 Å². The van der Waals surface area contributed by atoms with Gasteiger partial charge in [-0.3, -0.25) is 19.2 Å². The van der Waals surface area contributed by atoms with Gasteiger partial charge < -0.3 is 30.3 Å². The van der Waals surface area contributed by atoms with E-state index in [0.29, 0.717) is 30.4 Å². The Morgan fingerprint density at radius 3 is 2.21 bits per heavy atom. The molecule has 1 aromatic rings. The van der Waals surface area contributed by atoms with Gasteiger partial charge >= 0.3 is 18.0 Å². The van der Waals surface area contributed by atoms with Crippen molar-refractivity contribution in [3.05, 3.63) is 35.4 Å². The third-order valence-electron chi connectivity index (χ3n) is 4.63. The molecule has 0 aliphatic carbocycles. The molecule has 0 saturated carbocycles. The highest BCUT2D eigenvalue weighted by molar-refractivity contribution is 5.98. The first-order valence-electron chi connectivity index (χ1n) is 10.6. The number of Topliss-reactive ketones (excluding diaryl/α,β-unsaturated/α-hetero) is 1. The van der Waals surface area contributed by atoms with Crippen molar-refractivity contribution in [2.45, 2.75) is 57.8 Å². The van der Waals surface area contributed by atoms with Gasteiger partial charge in [0.2, 0.25) is 6.29 Å². The van der Waals surface area contributed by atoms with Gasteiger partial charge in [0.25, 0.3) is 12.4 Å². The van der Waals surface area contributed by atoms with Crippen LogP contribution in [0.15, 0.2) is 24.3 Å². The maximum atomic E-state index is 12.2. The predicted molar refractivity (Wildman–Crippen MR) is 116 cm³/mol. The number of benzene rings is 1. The largest absolute Gasteiger partial charge is 0.481 e. The average molecular weight is 480 g/mol. The summed E-state index contributed by atoms with van der Waals surface area (Å²) in [7, 11) is 0. The molecule has 0 saturated heterocycles. The zero-order chi connectivity index (χ0) is 25.5. The lowest BCUT2D eigenvalue weighted by atomic mass is 10.1. The zero-order valence-electron chi connectivity index (χ0n) is 18.7. The second-order valence-electron chi connectivity index (χ2n) is 7.14. The molecule has 0 spiro atoms. The minimum Gasteiger partial charge on any atom is -0.481 e. The number of unbranched alkanes of at least 4 members (excludes halogenated alkanes) is 1. The summed E-state index contributed by atoms with van der Waals surface area (Å²) in [5, 5.41) is 22.4. The van der Waals surface area contributed by atoms with Crippen molar-refractivity contribution in [1.29, 1.82) is 0 Å². The van der Waals surface area contributed by atoms with E-state index in [1.807, 2.05) is 5.32 Å². The molecule has 34 heavy (non-hydrogen) atoms. The average Bonchev–Trinajstić information content (AvgIpc) is 2.80. The van der Waals surface area contributed by atoms with Crippen molar-refractivity contribution in [2.24, 2.45) is 0 Å². The van der Waals surface area contributed by atoms with Crippen LogP contribution in [0.4, 0.5) is 4.79 Å². The monoisotopic (exact) mass is 480 g/mol. The smallest absolute Gasteiger partial charge is 0.410 e. The van der Waals surface area contributed by atoms with E-state index < -0.39 is 36.8 Å². The maximum Gasteiger partial charge on any atom is 0.410 e. The summed E-state index contributed by atoms with van der Waals surface area (Å²) in [6.45, 7) is 2.11. The number of carbonyl (C=O) groups is 6. The molecule has 186 valence electrons. The molecule has 0 aliphatic heterocycles. The van der Waals surface area contributed by atoms with Crippen molar-refractivity contribution in [1.82, 2.24) is 10.6 Å². The van der Waals surface area contributed by atoms with Crippen LogP contribution < -0.4 is 10.6 Å². The lowest BCUT2D eigenvalue weighted by Gasteiger charge is -2.18. The van der Waals surface area contributed by atoms with Crippen LogP contribution in [0.25, 0.3) is 0 Å². The van der Waals surface area contributed by atoms with Gasteiger partial charge in [-0.05, 0) is 31.4 Å². The SMILES string of the molecule is CCC(=O)c1ccc(C(=O)NCCCC[C@@H](OC=O)OC(=O)N[C@@H](CCC(=O)O)C(=O)O)cc1. The van der Waals surface area contributed by atoms with Gasteiger partial charge in [0.1, 0.15) is 6.04 Å². The highest BCUT2D eigenvalue weighted by Crippen LogP contribution is 2.09. The standard InChI is InChI=1S/C22H28N2O10/c1-2-17(26)14-6-8-15(9-7-14)20(29)23-12-4-3-5-19(33-13-25)34-22(32)24-16(21(30)31)10-11-18(27)28/h6-9,13,16,19H,2-5,10-12H2,1H3,(H,23,29)(H,24,32)(H,27,28)(H,30,31)/t16-,19-/m0/s1. The minimum atomic E-state index is -1.48. The van der Waals surface area contributed by atoms with Gasteiger partial charge in [-0.2, -0.15) is 0 Å². The van der Waals surface area contributed by atoms with Crippen molar-refractivity contribution in [2.75, 3.05) is 6.54 Å². The van der Waals surface area contributed by atoms with Crippen LogP contribution in [0, 0.1) is 0 Å². The van der Waals surface area contributed by atoms with Gasteiger partial charge in [-0.15, -0.1) is 0 Å². The number of amides is 2. The van der Waals surface area contributed by atoms with Gasteiger partial charge in [0.05, 0.1) is 0 Å². The zero-order valence-corrected chi connectivity index (χ0v) is 18.7. The van der Waals surface area contributed by atoms with Crippen LogP contribution in [-0.2, 0) is 23.9 Å². The number of hydrogen-bond donors (Lipinski definition) is 4. The lowest BCUT2D eigenvalue weighted by Crippen LogP contribution is -2.42. The Kier molecular flexibility index (Phi) is 12.4. The molecule has 0 heterocycles. The van der Waals surface area contributed by atoms with E-state index in [2.05, 4.69) is 10.1 Å². The Hall–Kier alpha value is -3.96. The Labute approximate surface area is 195 Å². The molecule has 12 heteroatoms. The van der Waals surface area contributed by atoms with Crippen molar-refractivity contribution in [3.63, 3.8) is 0 Å². The van der Waals surface area contributed by atoms with E-state index in [1.165, 1.54) is 0 Å². The maximum absolute atomic E-state index is 12.2. The number of carbonyl (C=O) groups excluding carboxylic acids is 4. The van der Waals surface area contributed by atoms with Crippen LogP contribution >= 0.6 is 0 Å². The molecule has 2 atom stereocenters. The van der Waals surface area contributed by atoms with Crippen LogP contribution in [0.2, 0.25) is 0 Å². The lowest BCUT2D eigenvalue weighted by molar-refractivity contribution is -0.154. The van der Waals surface area contributed by atoms with Crippen molar-refractivity contribution < 1.29 is 48.5 Å². The summed E-state index contributed by atoms with van der Waals surface area (Å²) in [6.07, 6.45) is -1.99. The van der Waals surface area contributed by atoms with E-state index in [4.69, 9.17) is 14.9 Å². The molecule has 12 nitrogen and oxygen atoms in total. The van der Waals surface area contributed by atoms with Crippen LogP contribution in [0.1, 0.15) is 66.2 Å². The fourth-order valence-corrected chi connectivity index (χ4v) is 2.79. The molecule has 0 unspecified atom stereocenters. The number of carboxylic acids is 2. The molecule has 0 aromatic heterocycles. The second-order valence-corrected chi connectivity index (χ2v) is 7.14. The first-order valence-corrected chi connectivity index (χ1v) is 10.6. The third-order valence-corrected chi connectivity index (χ3v) is 4.63. The van der Waals surface area contributed by atoms with Gasteiger partial charge in [0.15, 0.2) is 5.78 Å². The number of alkyl carbamates (subject to hydrolysis) is 1. The summed E-state index contributed by atoms with van der Waals surface area (Å²) in [5.41, 5.74) is 0.923. The number of ketones is 1. The Morgan fingerprint density at radius 1 is 1.00 bits per heavy atom. The summed E-state index contributed by atoms with van der Waals surface area (Å²) >= 11 is 0. The number of carboxylic acid groups (broad SMARTS) is 2. The predicted octanol–water partition coefficient (Wildman–Crippen LogP) is 1.72. The number of rotatable bonds is 16. The Bertz CT molecular complexity index is 869. The van der Waals surface area contributed by atoms with Gasteiger partial charge in [-0.1, -0.05) is 19.1 Å². The topological polar surface area (TPSA) is 185 Å². The normalized spacial score (nSPS) is 12.0. The van der Waals surface area contributed by atoms with E-state index in [1.54, 1.807) is 31.2 Å². The summed E-state index contributed by atoms with van der Waals surface area (Å²) in [5.74, 6) is -3.01. The van der Waals surface area contributed by atoms with Crippen LogP contribution in [-0.4, -0.2) is 65.3 Å². The number of nitrogens with one attached hydrogen (secondary N) is 2. The Balaban J connectivity index is 2.42. The van der Waals surface area contributed by atoms with E-state index in [0.717, 1.165) is 0 Å². The van der Waals surface area contributed by atoms with Gasteiger partial charge in [-0.25, -0.2) is 9.59 Å². The summed E-state index contributed by atoms with van der Waals surface area (Å²) < 4.78 is 9.56. The molecular weight excluding hydrogens is 452 g/mol. The first-order chi connectivity index (χ1) is 16.2. The van der Waals surface area contributed by atoms with Gasteiger partial charge in [0, 0.05) is 36.9 Å².